The molecule has 0 spiro atoms. The summed E-state index contributed by atoms with van der Waals surface area (Å²) >= 11 is 0. The first-order valence-electron chi connectivity index (χ1n) is 11.0. The predicted molar refractivity (Wildman–Crippen MR) is 120 cm³/mol. The number of hydrogen-bond donors (Lipinski definition) is 0. The summed E-state index contributed by atoms with van der Waals surface area (Å²) in [6.07, 6.45) is 5.89. The summed E-state index contributed by atoms with van der Waals surface area (Å²) in [6, 6.07) is 9.70. The van der Waals surface area contributed by atoms with Crippen LogP contribution >= 0.6 is 0 Å². The van der Waals surface area contributed by atoms with Gasteiger partial charge < -0.3 is 9.64 Å². The molecule has 0 fully saturated rings. The van der Waals surface area contributed by atoms with Gasteiger partial charge in [0.05, 0.1) is 13.0 Å². The number of ether oxygens (including phenoxy) is 1. The Morgan fingerprint density at radius 1 is 0.867 bits per heavy atom. The molecule has 0 aliphatic heterocycles. The Morgan fingerprint density at radius 2 is 1.50 bits per heavy atom. The van der Waals surface area contributed by atoms with Gasteiger partial charge in [0.1, 0.15) is 12.2 Å². The van der Waals surface area contributed by atoms with E-state index in [1.165, 1.54) is 17.9 Å². The van der Waals surface area contributed by atoms with Crippen LogP contribution in [0.4, 0.5) is 0 Å². The summed E-state index contributed by atoms with van der Waals surface area (Å²) < 4.78 is 5.35. The van der Waals surface area contributed by atoms with Crippen LogP contribution in [-0.2, 0) is 25.8 Å². The van der Waals surface area contributed by atoms with Gasteiger partial charge in [0.25, 0.3) is 0 Å². The second-order valence-corrected chi connectivity index (χ2v) is 8.91. The van der Waals surface area contributed by atoms with Crippen LogP contribution in [0.25, 0.3) is 0 Å². The molecule has 0 aliphatic carbocycles. The number of esters is 1. The maximum Gasteiger partial charge on any atom is 0.308 e. The third-order valence-corrected chi connectivity index (χ3v) is 4.44. The maximum absolute atomic E-state index is 12.7. The van der Waals surface area contributed by atoms with E-state index in [4.69, 9.17) is 9.57 Å². The van der Waals surface area contributed by atoms with Gasteiger partial charge in [0.15, 0.2) is 0 Å². The second kappa shape index (κ2) is 14.1. The van der Waals surface area contributed by atoms with E-state index in [9.17, 15) is 9.59 Å². The molecule has 6 nitrogen and oxygen atoms in total. The number of unbranched alkanes of at least 4 members (excludes halogenated alkanes) is 4. The highest BCUT2D eigenvalue weighted by Crippen LogP contribution is 2.12. The Hall–Kier alpha value is -1.92. The lowest BCUT2D eigenvalue weighted by Gasteiger charge is -2.24. The number of benzene rings is 1. The molecule has 30 heavy (non-hydrogen) atoms. The molecule has 0 N–H and O–H groups in total. The van der Waals surface area contributed by atoms with Crippen molar-refractivity contribution >= 4 is 11.9 Å². The molecule has 0 heterocycles. The number of carbonyl (C=O) groups excluding carboxylic acids is 2. The Morgan fingerprint density at radius 3 is 2.13 bits per heavy atom. The van der Waals surface area contributed by atoms with E-state index < -0.39 is 5.60 Å². The van der Waals surface area contributed by atoms with E-state index in [-0.39, 0.29) is 24.8 Å². The minimum Gasteiger partial charge on any atom is -0.460 e. The van der Waals surface area contributed by atoms with Gasteiger partial charge in [0.2, 0.25) is 5.91 Å². The van der Waals surface area contributed by atoms with E-state index >= 15 is 0 Å². The fraction of sp³-hybridized carbons (Fsp3) is 0.667. The van der Waals surface area contributed by atoms with Crippen LogP contribution < -0.4 is 0 Å². The van der Waals surface area contributed by atoms with Crippen molar-refractivity contribution in [3.05, 3.63) is 35.9 Å². The number of hydrogen-bond acceptors (Lipinski definition) is 5. The minimum absolute atomic E-state index is 0.0808. The Kier molecular flexibility index (Phi) is 12.3. The van der Waals surface area contributed by atoms with E-state index in [1.807, 2.05) is 51.1 Å². The van der Waals surface area contributed by atoms with Crippen molar-refractivity contribution in [3.8, 4) is 0 Å². The summed E-state index contributed by atoms with van der Waals surface area (Å²) in [6.45, 7) is 7.09. The summed E-state index contributed by atoms with van der Waals surface area (Å²) in [7, 11) is 4.17. The first kappa shape index (κ1) is 26.1. The van der Waals surface area contributed by atoms with Crippen molar-refractivity contribution in [2.45, 2.75) is 77.9 Å². The van der Waals surface area contributed by atoms with Gasteiger partial charge in [-0.1, -0.05) is 49.6 Å². The lowest BCUT2D eigenvalue weighted by molar-refractivity contribution is -0.194. The van der Waals surface area contributed by atoms with Crippen LogP contribution in [0, 0.1) is 0 Å². The zero-order chi connectivity index (χ0) is 22.4. The van der Waals surface area contributed by atoms with Crippen molar-refractivity contribution in [1.29, 1.82) is 0 Å². The molecule has 0 atom stereocenters. The van der Waals surface area contributed by atoms with Gasteiger partial charge in [-0.15, -0.1) is 0 Å². The highest BCUT2D eigenvalue weighted by molar-refractivity contribution is 5.76. The third-order valence-electron chi connectivity index (χ3n) is 4.44. The minimum atomic E-state index is -0.538. The standard InChI is InChI=1S/C24H40N2O4/c1-24(2,3)30-23(28)17-19-26(29-20-21-14-10-9-11-15-21)22(27)16-12-7-6-8-13-18-25(4)5/h9-11,14-15H,6-8,12-13,16-20H2,1-5H3. The average Bonchev–Trinajstić information content (AvgIpc) is 2.66. The Labute approximate surface area is 182 Å². The molecule has 0 bridgehead atoms. The molecule has 0 aliphatic rings. The molecule has 170 valence electrons. The molecule has 1 rings (SSSR count). The van der Waals surface area contributed by atoms with Gasteiger partial charge in [-0.2, -0.15) is 0 Å². The van der Waals surface area contributed by atoms with Gasteiger partial charge in [0, 0.05) is 6.42 Å². The fourth-order valence-electron chi connectivity index (χ4n) is 2.93. The topological polar surface area (TPSA) is 59.1 Å². The van der Waals surface area contributed by atoms with Crippen molar-refractivity contribution in [2.24, 2.45) is 0 Å². The largest absolute Gasteiger partial charge is 0.460 e. The quantitative estimate of drug-likeness (QED) is 0.250. The van der Waals surface area contributed by atoms with Gasteiger partial charge in [-0.3, -0.25) is 14.4 Å². The van der Waals surface area contributed by atoms with Crippen LogP contribution in [-0.4, -0.2) is 54.6 Å². The van der Waals surface area contributed by atoms with Gasteiger partial charge in [-0.25, -0.2) is 5.06 Å². The molecule has 1 aromatic rings. The second-order valence-electron chi connectivity index (χ2n) is 8.91. The Balaban J connectivity index is 2.46. The SMILES string of the molecule is CN(C)CCCCCCCC(=O)N(CCC(=O)OC(C)(C)C)OCc1ccccc1. The highest BCUT2D eigenvalue weighted by atomic mass is 16.7. The summed E-state index contributed by atoms with van der Waals surface area (Å²) in [5.74, 6) is -0.410. The molecule has 0 unspecified atom stereocenters. The third kappa shape index (κ3) is 13.3. The van der Waals surface area contributed by atoms with Crippen LogP contribution in [0.15, 0.2) is 30.3 Å². The number of carbonyl (C=O) groups is 2. The van der Waals surface area contributed by atoms with Crippen LogP contribution in [0.3, 0.4) is 0 Å². The molecular formula is C24H40N2O4. The number of nitrogens with zero attached hydrogens (tertiary/aromatic N) is 2. The molecular weight excluding hydrogens is 380 g/mol. The number of hydroxylamine groups is 2. The van der Waals surface area contributed by atoms with Crippen LogP contribution in [0.5, 0.6) is 0 Å². The van der Waals surface area contributed by atoms with Crippen LogP contribution in [0.2, 0.25) is 0 Å². The number of rotatable bonds is 14. The molecule has 0 aromatic heterocycles. The first-order chi connectivity index (χ1) is 14.2. The maximum atomic E-state index is 12.7. The molecule has 0 saturated heterocycles. The zero-order valence-electron chi connectivity index (χ0n) is 19.5. The normalized spacial score (nSPS) is 11.5. The summed E-state index contributed by atoms with van der Waals surface area (Å²) in [5, 5.41) is 1.34. The van der Waals surface area contributed by atoms with Crippen LogP contribution in [0.1, 0.15) is 71.3 Å². The first-order valence-corrected chi connectivity index (χ1v) is 11.0. The number of amides is 1. The van der Waals surface area contributed by atoms with E-state index in [1.54, 1.807) is 0 Å². The molecule has 6 heteroatoms. The zero-order valence-corrected chi connectivity index (χ0v) is 19.5. The molecule has 0 saturated carbocycles. The highest BCUT2D eigenvalue weighted by Gasteiger charge is 2.20. The Bertz CT molecular complexity index is 611. The smallest absolute Gasteiger partial charge is 0.308 e. The van der Waals surface area contributed by atoms with E-state index in [0.29, 0.717) is 13.0 Å². The van der Waals surface area contributed by atoms with Crippen molar-refractivity contribution in [2.75, 3.05) is 27.2 Å². The fourth-order valence-corrected chi connectivity index (χ4v) is 2.93. The van der Waals surface area contributed by atoms with Crippen molar-refractivity contribution < 1.29 is 19.2 Å². The lowest BCUT2D eigenvalue weighted by Crippen LogP contribution is -2.34. The average molecular weight is 421 g/mol. The van der Waals surface area contributed by atoms with E-state index in [2.05, 4.69) is 19.0 Å². The molecule has 0 radical (unpaired) electrons. The van der Waals surface area contributed by atoms with Crippen molar-refractivity contribution in [3.63, 3.8) is 0 Å². The van der Waals surface area contributed by atoms with Gasteiger partial charge in [-0.05, 0) is 59.8 Å². The summed E-state index contributed by atoms with van der Waals surface area (Å²) in [5.41, 5.74) is 0.442. The predicted octanol–water partition coefficient (Wildman–Crippen LogP) is 4.58. The molecule has 1 aromatic carbocycles. The molecule has 1 amide bonds. The monoisotopic (exact) mass is 420 g/mol. The van der Waals surface area contributed by atoms with E-state index in [0.717, 1.165) is 31.4 Å². The van der Waals surface area contributed by atoms with Gasteiger partial charge >= 0.3 is 5.97 Å². The van der Waals surface area contributed by atoms with Crippen molar-refractivity contribution in [1.82, 2.24) is 9.96 Å². The lowest BCUT2D eigenvalue weighted by atomic mass is 10.1. The summed E-state index contributed by atoms with van der Waals surface area (Å²) in [4.78, 5) is 32.7.